The van der Waals surface area contributed by atoms with Gasteiger partial charge in [-0.1, -0.05) is 22.0 Å². The van der Waals surface area contributed by atoms with Crippen LogP contribution in [0.25, 0.3) is 0 Å². The Bertz CT molecular complexity index is 226. The van der Waals surface area contributed by atoms with Gasteiger partial charge >= 0.3 is 5.97 Å². The van der Waals surface area contributed by atoms with Gasteiger partial charge in [0.05, 0.1) is 4.32 Å². The zero-order valence-electron chi connectivity index (χ0n) is 8.10. The average molecular weight is 247 g/mol. The first kappa shape index (κ1) is 10.8. The molecule has 0 spiro atoms. The molecule has 0 atom stereocenters. The minimum absolute atomic E-state index is 0.123. The maximum absolute atomic E-state index is 11.4. The molecule has 0 saturated heterocycles. The van der Waals surface area contributed by atoms with Crippen molar-refractivity contribution >= 4 is 21.9 Å². The summed E-state index contributed by atoms with van der Waals surface area (Å²) in [6.07, 6.45) is 4.95. The molecule has 0 saturated carbocycles. The second-order valence-corrected chi connectivity index (χ2v) is 6.06. The van der Waals surface area contributed by atoms with Crippen molar-refractivity contribution in [2.75, 3.05) is 6.61 Å². The molecule has 13 heavy (non-hydrogen) atoms. The van der Waals surface area contributed by atoms with Gasteiger partial charge in [-0.2, -0.15) is 0 Å². The summed E-state index contributed by atoms with van der Waals surface area (Å²) < 4.78 is 5.01. The van der Waals surface area contributed by atoms with Crippen molar-refractivity contribution in [3.05, 3.63) is 11.6 Å². The Morgan fingerprint density at radius 1 is 1.69 bits per heavy atom. The Labute approximate surface area is 87.5 Å². The Morgan fingerprint density at radius 3 is 2.85 bits per heavy atom. The third-order valence-corrected chi connectivity index (χ3v) is 2.08. The molecule has 0 unspecified atom stereocenters. The van der Waals surface area contributed by atoms with E-state index in [4.69, 9.17) is 4.74 Å². The molecule has 0 radical (unpaired) electrons. The van der Waals surface area contributed by atoms with Crippen molar-refractivity contribution in [1.82, 2.24) is 0 Å². The van der Waals surface area contributed by atoms with E-state index in [0.29, 0.717) is 6.61 Å². The average Bonchev–Trinajstić information content (AvgIpc) is 2.50. The molecule has 74 valence electrons. The number of carbonyl (C=O) groups is 1. The number of ether oxygens (including phenoxy) is 1. The van der Waals surface area contributed by atoms with Crippen LogP contribution < -0.4 is 0 Å². The Hall–Kier alpha value is -0.310. The van der Waals surface area contributed by atoms with Crippen molar-refractivity contribution in [3.63, 3.8) is 0 Å². The van der Waals surface area contributed by atoms with Gasteiger partial charge in [0.15, 0.2) is 0 Å². The minimum Gasteiger partial charge on any atom is -0.461 e. The molecule has 0 aliphatic heterocycles. The molecular formula is C10H15BrO2. The highest BCUT2D eigenvalue weighted by atomic mass is 79.9. The first-order chi connectivity index (χ1) is 5.99. The van der Waals surface area contributed by atoms with Gasteiger partial charge in [0, 0.05) is 5.57 Å². The lowest BCUT2D eigenvalue weighted by molar-refractivity contribution is -0.139. The molecule has 1 rings (SSSR count). The van der Waals surface area contributed by atoms with Crippen LogP contribution in [0.5, 0.6) is 0 Å². The van der Waals surface area contributed by atoms with Crippen molar-refractivity contribution in [2.45, 2.75) is 37.4 Å². The van der Waals surface area contributed by atoms with Crippen LogP contribution in [0.15, 0.2) is 11.6 Å². The largest absolute Gasteiger partial charge is 0.461 e. The predicted molar refractivity (Wildman–Crippen MR) is 55.9 cm³/mol. The van der Waals surface area contributed by atoms with Gasteiger partial charge in [-0.3, -0.25) is 0 Å². The van der Waals surface area contributed by atoms with Gasteiger partial charge in [0.1, 0.15) is 6.61 Å². The number of carbonyl (C=O) groups excluding carboxylic acids is 1. The summed E-state index contributed by atoms with van der Waals surface area (Å²) >= 11 is 3.42. The lowest BCUT2D eigenvalue weighted by atomic mass is 10.2. The number of hydrogen-bond donors (Lipinski definition) is 0. The molecule has 0 aromatic rings. The summed E-state index contributed by atoms with van der Waals surface area (Å²) in [4.78, 5) is 11.4. The van der Waals surface area contributed by atoms with Crippen LogP contribution in [0.4, 0.5) is 0 Å². The number of esters is 1. The Kier molecular flexibility index (Phi) is 3.54. The van der Waals surface area contributed by atoms with Gasteiger partial charge in [0.25, 0.3) is 0 Å². The predicted octanol–water partition coefficient (Wildman–Crippen LogP) is 2.81. The topological polar surface area (TPSA) is 26.3 Å². The van der Waals surface area contributed by atoms with Crippen molar-refractivity contribution in [3.8, 4) is 0 Å². The third kappa shape index (κ3) is 3.94. The number of rotatable bonds is 3. The molecule has 2 nitrogen and oxygen atoms in total. The fraction of sp³-hybridized carbons (Fsp3) is 0.700. The van der Waals surface area contributed by atoms with E-state index in [2.05, 4.69) is 15.9 Å². The minimum atomic E-state index is -0.148. The van der Waals surface area contributed by atoms with Crippen LogP contribution in [0, 0.1) is 0 Å². The lowest BCUT2D eigenvalue weighted by Crippen LogP contribution is -2.21. The van der Waals surface area contributed by atoms with Crippen LogP contribution in [0.2, 0.25) is 0 Å². The summed E-state index contributed by atoms with van der Waals surface area (Å²) in [7, 11) is 0. The molecule has 0 fully saturated rings. The van der Waals surface area contributed by atoms with E-state index in [1.165, 1.54) is 0 Å². The molecule has 1 aliphatic rings. The van der Waals surface area contributed by atoms with E-state index in [1.54, 1.807) is 0 Å². The fourth-order valence-corrected chi connectivity index (χ4v) is 1.30. The summed E-state index contributed by atoms with van der Waals surface area (Å²) in [5, 5.41) is 0. The number of alkyl halides is 1. The maximum atomic E-state index is 11.4. The lowest BCUT2D eigenvalue weighted by Gasteiger charge is -2.15. The van der Waals surface area contributed by atoms with Crippen LogP contribution in [-0.4, -0.2) is 16.9 Å². The number of hydrogen-bond acceptors (Lipinski definition) is 2. The maximum Gasteiger partial charge on any atom is 0.333 e. The Morgan fingerprint density at radius 2 is 2.38 bits per heavy atom. The van der Waals surface area contributed by atoms with Crippen molar-refractivity contribution < 1.29 is 9.53 Å². The Balaban J connectivity index is 2.33. The van der Waals surface area contributed by atoms with Gasteiger partial charge in [-0.15, -0.1) is 0 Å². The summed E-state index contributed by atoms with van der Waals surface area (Å²) in [5.41, 5.74) is 0.844. The van der Waals surface area contributed by atoms with Gasteiger partial charge in [-0.25, -0.2) is 4.79 Å². The standard InChI is InChI=1S/C10H15BrO2/c1-10(2,11)7-13-9(12)8-5-3-4-6-8/h5H,3-4,6-7H2,1-2H3. The molecule has 0 N–H and O–H groups in total. The third-order valence-electron chi connectivity index (χ3n) is 1.85. The van der Waals surface area contributed by atoms with E-state index in [9.17, 15) is 4.79 Å². The van der Waals surface area contributed by atoms with E-state index < -0.39 is 0 Å². The van der Waals surface area contributed by atoms with Gasteiger partial charge in [-0.05, 0) is 33.1 Å². The highest BCUT2D eigenvalue weighted by molar-refractivity contribution is 9.10. The van der Waals surface area contributed by atoms with E-state index in [0.717, 1.165) is 24.8 Å². The molecule has 0 bridgehead atoms. The van der Waals surface area contributed by atoms with Gasteiger partial charge in [0.2, 0.25) is 0 Å². The first-order valence-electron chi connectivity index (χ1n) is 4.54. The van der Waals surface area contributed by atoms with E-state index in [1.807, 2.05) is 19.9 Å². The fourth-order valence-electron chi connectivity index (χ4n) is 1.19. The van der Waals surface area contributed by atoms with E-state index in [-0.39, 0.29) is 10.3 Å². The second-order valence-electron chi connectivity index (χ2n) is 3.92. The van der Waals surface area contributed by atoms with Crippen LogP contribution in [0.1, 0.15) is 33.1 Å². The first-order valence-corrected chi connectivity index (χ1v) is 5.33. The zero-order valence-corrected chi connectivity index (χ0v) is 9.69. The zero-order chi connectivity index (χ0) is 9.90. The molecule has 0 aromatic heterocycles. The molecule has 3 heteroatoms. The highest BCUT2D eigenvalue weighted by Crippen LogP contribution is 2.21. The molecule has 0 amide bonds. The SMILES string of the molecule is CC(C)(Br)COC(=O)C1=CCCC1. The van der Waals surface area contributed by atoms with Crippen LogP contribution >= 0.6 is 15.9 Å². The van der Waals surface area contributed by atoms with Crippen LogP contribution in [0.3, 0.4) is 0 Å². The van der Waals surface area contributed by atoms with Crippen molar-refractivity contribution in [2.24, 2.45) is 0 Å². The summed E-state index contributed by atoms with van der Waals surface area (Å²) in [6, 6.07) is 0. The monoisotopic (exact) mass is 246 g/mol. The number of halogens is 1. The van der Waals surface area contributed by atoms with Crippen LogP contribution in [-0.2, 0) is 9.53 Å². The highest BCUT2D eigenvalue weighted by Gasteiger charge is 2.19. The molecule has 1 aliphatic carbocycles. The molecule has 0 heterocycles. The normalized spacial score (nSPS) is 17.0. The summed E-state index contributed by atoms with van der Waals surface area (Å²) in [6.45, 7) is 4.37. The number of allylic oxidation sites excluding steroid dienone is 1. The van der Waals surface area contributed by atoms with Crippen molar-refractivity contribution in [1.29, 1.82) is 0 Å². The second kappa shape index (κ2) is 4.27. The molecular weight excluding hydrogens is 232 g/mol. The quantitative estimate of drug-likeness (QED) is 0.566. The van der Waals surface area contributed by atoms with E-state index >= 15 is 0 Å². The molecule has 0 aromatic carbocycles. The van der Waals surface area contributed by atoms with Gasteiger partial charge < -0.3 is 4.74 Å². The summed E-state index contributed by atoms with van der Waals surface area (Å²) in [5.74, 6) is -0.148. The smallest absolute Gasteiger partial charge is 0.333 e.